The first-order chi connectivity index (χ1) is 13.3. The lowest BCUT2D eigenvalue weighted by molar-refractivity contribution is 0.331. The van der Waals surface area contributed by atoms with Gasteiger partial charge in [0.2, 0.25) is 5.95 Å². The molecule has 0 atom stereocenters. The van der Waals surface area contributed by atoms with Gasteiger partial charge in [0.15, 0.2) is 0 Å². The van der Waals surface area contributed by atoms with E-state index in [1.54, 1.807) is 13.3 Å². The predicted octanol–water partition coefficient (Wildman–Crippen LogP) is 4.28. The van der Waals surface area contributed by atoms with Crippen molar-refractivity contribution in [3.8, 4) is 11.5 Å². The summed E-state index contributed by atoms with van der Waals surface area (Å²) in [5, 5.41) is 6.54. The minimum Gasteiger partial charge on any atom is -0.497 e. The quantitative estimate of drug-likeness (QED) is 0.552. The molecule has 0 aliphatic rings. The van der Waals surface area contributed by atoms with Crippen LogP contribution in [0, 0.1) is 0 Å². The standard InChI is InChI=1S/C21H24N4O2/c1-3-16-6-4-5-7-19(16)24-20-12-13-22-21(25-20)23-14-15-27-18-10-8-17(26-2)9-11-18/h4-13H,3,14-15H2,1-2H3,(H2,22,23,24,25). The number of ether oxygens (including phenoxy) is 2. The number of hydrogen-bond donors (Lipinski definition) is 2. The first kappa shape index (κ1) is 18.5. The van der Waals surface area contributed by atoms with Gasteiger partial charge in [0.1, 0.15) is 23.9 Å². The van der Waals surface area contributed by atoms with Gasteiger partial charge in [-0.15, -0.1) is 0 Å². The van der Waals surface area contributed by atoms with Crippen LogP contribution in [0.2, 0.25) is 0 Å². The van der Waals surface area contributed by atoms with Gasteiger partial charge >= 0.3 is 0 Å². The SMILES string of the molecule is CCc1ccccc1Nc1ccnc(NCCOc2ccc(OC)cc2)n1. The van der Waals surface area contributed by atoms with Crippen LogP contribution >= 0.6 is 0 Å². The van der Waals surface area contributed by atoms with E-state index in [1.807, 2.05) is 42.5 Å². The van der Waals surface area contributed by atoms with Crippen LogP contribution in [0.4, 0.5) is 17.5 Å². The summed E-state index contributed by atoms with van der Waals surface area (Å²) in [7, 11) is 1.64. The van der Waals surface area contributed by atoms with Crippen LogP contribution in [-0.2, 0) is 6.42 Å². The van der Waals surface area contributed by atoms with Crippen LogP contribution in [0.3, 0.4) is 0 Å². The molecule has 140 valence electrons. The van der Waals surface area contributed by atoms with Crippen molar-refractivity contribution in [2.24, 2.45) is 0 Å². The van der Waals surface area contributed by atoms with Gasteiger partial charge in [-0.1, -0.05) is 25.1 Å². The molecule has 3 aromatic rings. The molecule has 6 nitrogen and oxygen atoms in total. The number of anilines is 3. The Kier molecular flexibility index (Phi) is 6.46. The molecule has 0 saturated heterocycles. The van der Waals surface area contributed by atoms with E-state index < -0.39 is 0 Å². The number of nitrogens with zero attached hydrogens (tertiary/aromatic N) is 2. The third-order valence-corrected chi connectivity index (χ3v) is 4.03. The number of nitrogens with one attached hydrogen (secondary N) is 2. The third kappa shape index (κ3) is 5.34. The molecule has 0 amide bonds. The van der Waals surface area contributed by atoms with Crippen LogP contribution in [0.15, 0.2) is 60.8 Å². The first-order valence-electron chi connectivity index (χ1n) is 8.97. The summed E-state index contributed by atoms with van der Waals surface area (Å²) in [5.41, 5.74) is 2.31. The lowest BCUT2D eigenvalue weighted by atomic mass is 10.1. The topological polar surface area (TPSA) is 68.3 Å². The Morgan fingerprint density at radius 3 is 2.52 bits per heavy atom. The summed E-state index contributed by atoms with van der Waals surface area (Å²) in [5.74, 6) is 2.92. The van der Waals surface area contributed by atoms with Crippen molar-refractivity contribution in [1.82, 2.24) is 9.97 Å². The van der Waals surface area contributed by atoms with Crippen molar-refractivity contribution in [2.45, 2.75) is 13.3 Å². The van der Waals surface area contributed by atoms with Crippen molar-refractivity contribution in [3.63, 3.8) is 0 Å². The summed E-state index contributed by atoms with van der Waals surface area (Å²) in [6.45, 7) is 3.24. The number of aryl methyl sites for hydroxylation is 1. The molecule has 3 rings (SSSR count). The van der Waals surface area contributed by atoms with Crippen LogP contribution in [0.25, 0.3) is 0 Å². The van der Waals surface area contributed by atoms with Crippen molar-refractivity contribution < 1.29 is 9.47 Å². The average Bonchev–Trinajstić information content (AvgIpc) is 2.72. The maximum atomic E-state index is 5.69. The minimum absolute atomic E-state index is 0.506. The summed E-state index contributed by atoms with van der Waals surface area (Å²) in [6.07, 6.45) is 2.69. The summed E-state index contributed by atoms with van der Waals surface area (Å²) >= 11 is 0. The van der Waals surface area contributed by atoms with E-state index in [2.05, 4.69) is 39.7 Å². The zero-order chi connectivity index (χ0) is 18.9. The Balaban J connectivity index is 1.51. The van der Waals surface area contributed by atoms with E-state index in [-0.39, 0.29) is 0 Å². The van der Waals surface area contributed by atoms with Gasteiger partial charge in [0.05, 0.1) is 13.7 Å². The molecule has 0 aliphatic carbocycles. The zero-order valence-electron chi connectivity index (χ0n) is 15.6. The Hall–Kier alpha value is -3.28. The number of methoxy groups -OCH3 is 1. The van der Waals surface area contributed by atoms with Gasteiger partial charge < -0.3 is 20.1 Å². The van der Waals surface area contributed by atoms with E-state index in [1.165, 1.54) is 5.56 Å². The van der Waals surface area contributed by atoms with Gasteiger partial charge in [-0.25, -0.2) is 4.98 Å². The number of benzene rings is 2. The Labute approximate surface area is 159 Å². The third-order valence-electron chi connectivity index (χ3n) is 4.03. The number of hydrogen-bond acceptors (Lipinski definition) is 6. The van der Waals surface area contributed by atoms with E-state index in [4.69, 9.17) is 9.47 Å². The molecule has 0 unspecified atom stereocenters. The highest BCUT2D eigenvalue weighted by molar-refractivity contribution is 5.61. The van der Waals surface area contributed by atoms with Crippen molar-refractivity contribution in [1.29, 1.82) is 0 Å². The molecule has 0 radical (unpaired) electrons. The Bertz CT molecular complexity index is 853. The lowest BCUT2D eigenvalue weighted by Crippen LogP contribution is -2.13. The van der Waals surface area contributed by atoms with E-state index in [0.717, 1.165) is 29.4 Å². The van der Waals surface area contributed by atoms with Crippen molar-refractivity contribution >= 4 is 17.5 Å². The molecular formula is C21H24N4O2. The molecular weight excluding hydrogens is 340 g/mol. The van der Waals surface area contributed by atoms with Crippen molar-refractivity contribution in [3.05, 3.63) is 66.4 Å². The zero-order valence-corrected chi connectivity index (χ0v) is 15.6. The van der Waals surface area contributed by atoms with Gasteiger partial charge in [0, 0.05) is 11.9 Å². The Morgan fingerprint density at radius 1 is 0.963 bits per heavy atom. The number of para-hydroxylation sites is 1. The fraction of sp³-hybridized carbons (Fsp3) is 0.238. The van der Waals surface area contributed by atoms with Crippen LogP contribution < -0.4 is 20.1 Å². The van der Waals surface area contributed by atoms with E-state index in [0.29, 0.717) is 19.1 Å². The lowest BCUT2D eigenvalue weighted by Gasteiger charge is -2.11. The summed E-state index contributed by atoms with van der Waals surface area (Å²) in [6, 6.07) is 17.6. The monoisotopic (exact) mass is 364 g/mol. The van der Waals surface area contributed by atoms with E-state index >= 15 is 0 Å². The fourth-order valence-electron chi connectivity index (χ4n) is 2.61. The van der Waals surface area contributed by atoms with Gasteiger partial charge in [-0.05, 0) is 48.4 Å². The molecule has 27 heavy (non-hydrogen) atoms. The van der Waals surface area contributed by atoms with Crippen LogP contribution in [0.1, 0.15) is 12.5 Å². The summed E-state index contributed by atoms with van der Waals surface area (Å²) in [4.78, 5) is 8.76. The Morgan fingerprint density at radius 2 is 1.74 bits per heavy atom. The van der Waals surface area contributed by atoms with Crippen LogP contribution in [-0.4, -0.2) is 30.2 Å². The highest BCUT2D eigenvalue weighted by atomic mass is 16.5. The number of rotatable bonds is 9. The highest BCUT2D eigenvalue weighted by Gasteiger charge is 2.03. The molecule has 2 aromatic carbocycles. The second kappa shape index (κ2) is 9.43. The maximum absolute atomic E-state index is 5.69. The molecule has 0 bridgehead atoms. The molecule has 0 saturated carbocycles. The van der Waals surface area contributed by atoms with Gasteiger partial charge in [0.25, 0.3) is 0 Å². The molecule has 6 heteroatoms. The van der Waals surface area contributed by atoms with Gasteiger partial charge in [-0.2, -0.15) is 4.98 Å². The molecule has 2 N–H and O–H groups in total. The average molecular weight is 364 g/mol. The molecule has 0 aliphatic heterocycles. The first-order valence-corrected chi connectivity index (χ1v) is 8.97. The van der Waals surface area contributed by atoms with Gasteiger partial charge in [-0.3, -0.25) is 0 Å². The fourth-order valence-corrected chi connectivity index (χ4v) is 2.61. The molecule has 1 heterocycles. The normalized spacial score (nSPS) is 10.3. The largest absolute Gasteiger partial charge is 0.497 e. The number of aromatic nitrogens is 2. The van der Waals surface area contributed by atoms with E-state index in [9.17, 15) is 0 Å². The second-order valence-electron chi connectivity index (χ2n) is 5.85. The molecule has 0 spiro atoms. The minimum atomic E-state index is 0.506. The maximum Gasteiger partial charge on any atom is 0.224 e. The highest BCUT2D eigenvalue weighted by Crippen LogP contribution is 2.20. The smallest absolute Gasteiger partial charge is 0.224 e. The summed E-state index contributed by atoms with van der Waals surface area (Å²) < 4.78 is 10.8. The predicted molar refractivity (Wildman–Crippen MR) is 108 cm³/mol. The van der Waals surface area contributed by atoms with Crippen LogP contribution in [0.5, 0.6) is 11.5 Å². The second-order valence-corrected chi connectivity index (χ2v) is 5.85. The molecule has 1 aromatic heterocycles. The van der Waals surface area contributed by atoms with Crippen molar-refractivity contribution in [2.75, 3.05) is 30.9 Å². The molecule has 0 fully saturated rings.